The summed E-state index contributed by atoms with van der Waals surface area (Å²) in [5.41, 5.74) is 1.91. The van der Waals surface area contributed by atoms with E-state index in [0.717, 1.165) is 50.2 Å². The molecular weight excluding hydrogens is 573 g/mol. The van der Waals surface area contributed by atoms with Crippen LogP contribution in [0.4, 0.5) is 19.0 Å². The molecule has 4 aromatic rings. The van der Waals surface area contributed by atoms with Crippen molar-refractivity contribution in [2.75, 3.05) is 31.5 Å². The van der Waals surface area contributed by atoms with E-state index in [1.165, 1.54) is 36.5 Å². The Morgan fingerprint density at radius 2 is 1.80 bits per heavy atom. The molecule has 214 valence electrons. The largest absolute Gasteiger partial charge is 0.416 e. The molecule has 0 unspecified atom stereocenters. The topological polar surface area (TPSA) is 74.2 Å². The van der Waals surface area contributed by atoms with Crippen LogP contribution in [0.1, 0.15) is 47.2 Å². The highest BCUT2D eigenvalue weighted by molar-refractivity contribution is 7.09. The molecule has 2 aliphatic rings. The van der Waals surface area contributed by atoms with E-state index in [9.17, 15) is 18.0 Å². The fourth-order valence-electron chi connectivity index (χ4n) is 5.66. The molecule has 2 aromatic carbocycles. The average Bonchev–Trinajstić information content (AvgIpc) is 3.74. The van der Waals surface area contributed by atoms with E-state index < -0.39 is 11.7 Å². The zero-order valence-electron chi connectivity index (χ0n) is 22.1. The minimum absolute atomic E-state index is 0.0517. The van der Waals surface area contributed by atoms with Crippen LogP contribution in [0.5, 0.6) is 0 Å². The van der Waals surface area contributed by atoms with Crippen LogP contribution in [0.15, 0.2) is 48.5 Å². The zero-order chi connectivity index (χ0) is 28.6. The maximum absolute atomic E-state index is 14.2. The van der Waals surface area contributed by atoms with Crippen molar-refractivity contribution in [1.82, 2.24) is 24.1 Å². The van der Waals surface area contributed by atoms with Crippen LogP contribution in [-0.4, -0.2) is 62.3 Å². The first-order valence-corrected chi connectivity index (χ1v) is 14.8. The highest BCUT2D eigenvalue weighted by atomic mass is 35.5. The number of anilines is 1. The predicted octanol–water partition coefficient (Wildman–Crippen LogP) is 6.74. The maximum Gasteiger partial charge on any atom is 0.416 e. The fraction of sp³-hybridized carbons (Fsp3) is 0.379. The second-order valence-corrected chi connectivity index (χ2v) is 11.6. The van der Waals surface area contributed by atoms with Gasteiger partial charge in [-0.1, -0.05) is 12.1 Å². The summed E-state index contributed by atoms with van der Waals surface area (Å²) in [5.74, 6) is 0.423. The summed E-state index contributed by atoms with van der Waals surface area (Å²) in [6, 6.07) is 12.5. The third-order valence-corrected chi connectivity index (χ3v) is 8.78. The number of amides is 1. The molecular formula is C29H28ClF3N6OS. The summed E-state index contributed by atoms with van der Waals surface area (Å²) in [7, 11) is 0. The second-order valence-electron chi connectivity index (χ2n) is 10.5. The number of rotatable bonds is 7. The fourth-order valence-corrected chi connectivity index (χ4v) is 6.46. The number of carbonyl (C=O) groups is 1. The Hall–Kier alpha value is -3.28. The smallest absolute Gasteiger partial charge is 0.366 e. The third-order valence-electron chi connectivity index (χ3n) is 7.75. The lowest BCUT2D eigenvalue weighted by atomic mass is 10.0. The molecule has 2 aromatic heterocycles. The van der Waals surface area contributed by atoms with Crippen LogP contribution < -0.4 is 5.32 Å². The maximum atomic E-state index is 14.2. The minimum Gasteiger partial charge on any atom is -0.366 e. The van der Waals surface area contributed by atoms with Crippen molar-refractivity contribution >= 4 is 45.8 Å². The van der Waals surface area contributed by atoms with Gasteiger partial charge in [-0.3, -0.25) is 4.79 Å². The van der Waals surface area contributed by atoms with E-state index in [1.54, 1.807) is 6.07 Å². The highest BCUT2D eigenvalue weighted by Crippen LogP contribution is 2.32. The molecule has 7 nitrogen and oxygen atoms in total. The van der Waals surface area contributed by atoms with E-state index in [-0.39, 0.29) is 23.8 Å². The van der Waals surface area contributed by atoms with E-state index in [4.69, 9.17) is 16.6 Å². The number of halogens is 4. The van der Waals surface area contributed by atoms with Gasteiger partial charge >= 0.3 is 6.18 Å². The number of fused-ring (bicyclic) bond motifs is 1. The van der Waals surface area contributed by atoms with Crippen molar-refractivity contribution in [3.63, 3.8) is 0 Å². The van der Waals surface area contributed by atoms with Gasteiger partial charge in [0.2, 0.25) is 5.28 Å². The quantitative estimate of drug-likeness (QED) is 0.253. The van der Waals surface area contributed by atoms with Crippen LogP contribution in [0.25, 0.3) is 21.5 Å². The number of nitrogens with one attached hydrogen (secondary N) is 1. The van der Waals surface area contributed by atoms with Crippen LogP contribution in [0, 0.1) is 0 Å². The molecule has 2 aliphatic heterocycles. The van der Waals surface area contributed by atoms with Crippen LogP contribution in [0.3, 0.4) is 0 Å². The van der Waals surface area contributed by atoms with Gasteiger partial charge in [-0.05, 0) is 104 Å². The molecule has 6 rings (SSSR count). The molecule has 41 heavy (non-hydrogen) atoms. The lowest BCUT2D eigenvalue weighted by molar-refractivity contribution is -0.137. The highest BCUT2D eigenvalue weighted by Gasteiger charge is 2.33. The molecule has 0 bridgehead atoms. The van der Waals surface area contributed by atoms with Crippen LogP contribution in [0.2, 0.25) is 5.28 Å². The number of carbonyl (C=O) groups excluding carboxylic acids is 1. The Labute approximate surface area is 244 Å². The van der Waals surface area contributed by atoms with E-state index in [2.05, 4.69) is 19.6 Å². The van der Waals surface area contributed by atoms with Crippen molar-refractivity contribution in [2.45, 2.75) is 44.4 Å². The number of likely N-dealkylation sites (tertiary alicyclic amines) is 2. The normalized spacial score (nSPS) is 18.0. The Bertz CT molecular complexity index is 1550. The first-order chi connectivity index (χ1) is 19.7. The molecule has 0 saturated carbocycles. The standard InChI is InChI=1S/C29H28ClF3N6OS/c30-28-36-26(41-37-28)19-7-10-24-22(14-19)23(27(40)39-13-3-4-21(39)17-38-11-1-2-12-38)15-25(35-24)34-16-18-5-8-20(9-6-18)29(31,32)33/h5-10,14-15,21H,1-4,11-13,16-17H2,(H,34,35)/t21-/m0/s1. The molecule has 1 N–H and O–H groups in total. The summed E-state index contributed by atoms with van der Waals surface area (Å²) in [6.07, 6.45) is -0.0636. The molecule has 0 radical (unpaired) electrons. The number of alkyl halides is 3. The van der Waals surface area contributed by atoms with E-state index >= 15 is 0 Å². The van der Waals surface area contributed by atoms with Gasteiger partial charge in [0.15, 0.2) is 0 Å². The van der Waals surface area contributed by atoms with E-state index in [1.807, 2.05) is 23.1 Å². The molecule has 2 saturated heterocycles. The van der Waals surface area contributed by atoms with Gasteiger partial charge in [0.25, 0.3) is 5.91 Å². The molecule has 1 amide bonds. The number of hydrogen-bond acceptors (Lipinski definition) is 7. The Morgan fingerprint density at radius 1 is 1.02 bits per heavy atom. The molecule has 12 heteroatoms. The van der Waals surface area contributed by atoms with Crippen molar-refractivity contribution in [1.29, 1.82) is 0 Å². The average molecular weight is 601 g/mol. The number of benzene rings is 2. The number of pyridine rings is 1. The molecule has 0 spiro atoms. The van der Waals surface area contributed by atoms with Gasteiger partial charge in [0.05, 0.1) is 16.6 Å². The van der Waals surface area contributed by atoms with Gasteiger partial charge in [0, 0.05) is 36.6 Å². The van der Waals surface area contributed by atoms with Gasteiger partial charge in [-0.2, -0.15) is 17.5 Å². The van der Waals surface area contributed by atoms with Gasteiger partial charge in [-0.25, -0.2) is 9.97 Å². The van der Waals surface area contributed by atoms with Crippen molar-refractivity contribution in [3.8, 4) is 10.6 Å². The summed E-state index contributed by atoms with van der Waals surface area (Å²) >= 11 is 7.15. The SMILES string of the molecule is O=C(c1cc(NCc2ccc(C(F)(F)F)cc2)nc2ccc(-c3nc(Cl)ns3)cc12)N1CCC[C@H]1CN1CCCC1. The lowest BCUT2D eigenvalue weighted by Crippen LogP contribution is -2.42. The summed E-state index contributed by atoms with van der Waals surface area (Å²) in [5, 5.41) is 4.72. The lowest BCUT2D eigenvalue weighted by Gasteiger charge is -2.29. The van der Waals surface area contributed by atoms with E-state index in [0.29, 0.717) is 39.4 Å². The van der Waals surface area contributed by atoms with Crippen LogP contribution >= 0.6 is 23.1 Å². The van der Waals surface area contributed by atoms with Crippen molar-refractivity contribution in [2.24, 2.45) is 0 Å². The summed E-state index contributed by atoms with van der Waals surface area (Å²) < 4.78 is 43.0. The van der Waals surface area contributed by atoms with Gasteiger partial charge < -0.3 is 15.1 Å². The van der Waals surface area contributed by atoms with Gasteiger partial charge in [-0.15, -0.1) is 0 Å². The van der Waals surface area contributed by atoms with Crippen molar-refractivity contribution in [3.05, 3.63) is 70.5 Å². The number of aromatic nitrogens is 3. The zero-order valence-corrected chi connectivity index (χ0v) is 23.7. The first-order valence-electron chi connectivity index (χ1n) is 13.6. The summed E-state index contributed by atoms with van der Waals surface area (Å²) in [6.45, 7) is 3.97. The molecule has 4 heterocycles. The molecule has 0 aliphatic carbocycles. The number of nitrogens with zero attached hydrogens (tertiary/aromatic N) is 5. The van der Waals surface area contributed by atoms with Crippen molar-refractivity contribution < 1.29 is 18.0 Å². The Morgan fingerprint density at radius 3 is 2.51 bits per heavy atom. The molecule has 1 atom stereocenters. The molecule has 2 fully saturated rings. The first kappa shape index (κ1) is 27.9. The Balaban J connectivity index is 1.32. The Kier molecular flexibility index (Phi) is 7.84. The third kappa shape index (κ3) is 6.17. The van der Waals surface area contributed by atoms with Crippen LogP contribution in [-0.2, 0) is 12.7 Å². The van der Waals surface area contributed by atoms with Gasteiger partial charge in [0.1, 0.15) is 10.8 Å². The minimum atomic E-state index is -4.39. The predicted molar refractivity (Wildman–Crippen MR) is 154 cm³/mol. The summed E-state index contributed by atoms with van der Waals surface area (Å²) in [4.78, 5) is 27.6. The number of hydrogen-bond donors (Lipinski definition) is 1. The second kappa shape index (κ2) is 11.5. The monoisotopic (exact) mass is 600 g/mol.